The van der Waals surface area contributed by atoms with E-state index in [1.807, 2.05) is 0 Å². The maximum Gasteiger partial charge on any atom is 0.161 e. The summed E-state index contributed by atoms with van der Waals surface area (Å²) in [4.78, 5) is 12.0. The second kappa shape index (κ2) is 9.93. The van der Waals surface area contributed by atoms with Crippen LogP contribution >= 0.6 is 0 Å². The minimum atomic E-state index is 0.217. The van der Waals surface area contributed by atoms with Crippen molar-refractivity contribution in [3.63, 3.8) is 0 Å². The zero-order chi connectivity index (χ0) is 19.1. The van der Waals surface area contributed by atoms with E-state index in [2.05, 4.69) is 23.2 Å². The number of aliphatic hydroxyl groups excluding tert-OH is 1. The molecule has 2 heterocycles. The molecule has 1 atom stereocenters. The first-order valence-electron chi connectivity index (χ1n) is 10.7. The molecule has 6 heteroatoms. The average Bonchev–Trinajstić information content (AvgIpc) is 2.70. The number of aliphatic hydroxyl groups is 1. The van der Waals surface area contributed by atoms with Gasteiger partial charge in [-0.25, -0.2) is 9.97 Å². The molecule has 150 valence electrons. The first-order valence-corrected chi connectivity index (χ1v) is 10.7. The van der Waals surface area contributed by atoms with Crippen LogP contribution in [0.3, 0.4) is 0 Å². The van der Waals surface area contributed by atoms with Crippen LogP contribution in [0.15, 0.2) is 12.3 Å². The van der Waals surface area contributed by atoms with Gasteiger partial charge in [0, 0.05) is 43.1 Å². The summed E-state index contributed by atoms with van der Waals surface area (Å²) in [6.45, 7) is 3.28. The van der Waals surface area contributed by atoms with Crippen molar-refractivity contribution in [2.45, 2.75) is 83.2 Å². The molecule has 0 radical (unpaired) electrons. The third-order valence-corrected chi connectivity index (χ3v) is 5.92. The second-order valence-electron chi connectivity index (χ2n) is 7.82. The molecule has 1 aromatic rings. The minimum absolute atomic E-state index is 0.217. The molecule has 3 rings (SSSR count). The Morgan fingerprint density at radius 1 is 1.22 bits per heavy atom. The molecule has 0 spiro atoms. The molecule has 2 fully saturated rings. The predicted octanol–water partition coefficient (Wildman–Crippen LogP) is 3.67. The van der Waals surface area contributed by atoms with Crippen LogP contribution in [0.4, 0.5) is 11.6 Å². The van der Waals surface area contributed by atoms with Crippen molar-refractivity contribution < 1.29 is 5.11 Å². The topological polar surface area (TPSA) is 87.3 Å². The number of allylic oxidation sites excluding steroid dienone is 1. The Labute approximate surface area is 163 Å². The summed E-state index contributed by atoms with van der Waals surface area (Å²) in [5.41, 5.74) is 6.82. The lowest BCUT2D eigenvalue weighted by Gasteiger charge is -2.37. The summed E-state index contributed by atoms with van der Waals surface area (Å²) in [6, 6.07) is 2.94. The van der Waals surface area contributed by atoms with Crippen LogP contribution in [0.1, 0.15) is 77.0 Å². The van der Waals surface area contributed by atoms with E-state index < -0.39 is 0 Å². The monoisotopic (exact) mass is 373 g/mol. The van der Waals surface area contributed by atoms with Gasteiger partial charge in [0.1, 0.15) is 11.6 Å². The van der Waals surface area contributed by atoms with Gasteiger partial charge in [-0.2, -0.15) is 0 Å². The van der Waals surface area contributed by atoms with E-state index in [1.165, 1.54) is 44.9 Å². The maximum atomic E-state index is 9.48. The molecule has 0 bridgehead atoms. The molecule has 0 aromatic carbocycles. The molecule has 2 aliphatic rings. The van der Waals surface area contributed by atoms with Gasteiger partial charge in [-0.05, 0) is 44.9 Å². The second-order valence-corrected chi connectivity index (χ2v) is 7.82. The number of piperidine rings is 1. The first kappa shape index (κ1) is 19.9. The highest BCUT2D eigenvalue weighted by Crippen LogP contribution is 2.29. The number of aromatic nitrogens is 2. The fourth-order valence-electron chi connectivity index (χ4n) is 4.36. The van der Waals surface area contributed by atoms with Gasteiger partial charge in [-0.1, -0.05) is 26.2 Å². The molecule has 0 amide bonds. The number of anilines is 2. The lowest BCUT2D eigenvalue weighted by molar-refractivity contribution is 0.262. The Morgan fingerprint density at radius 3 is 2.70 bits per heavy atom. The Morgan fingerprint density at radius 2 is 2.00 bits per heavy atom. The molecule has 1 saturated carbocycles. The lowest BCUT2D eigenvalue weighted by Crippen LogP contribution is -2.41. The number of hydrogen-bond donors (Lipinski definition) is 3. The van der Waals surface area contributed by atoms with Crippen molar-refractivity contribution in [1.29, 1.82) is 0 Å². The van der Waals surface area contributed by atoms with Crippen molar-refractivity contribution in [3.8, 4) is 0 Å². The molecular weight excluding hydrogens is 338 g/mol. The normalized spacial score (nSPS) is 22.1. The number of hydrogen-bond acceptors (Lipinski definition) is 6. The third kappa shape index (κ3) is 5.12. The van der Waals surface area contributed by atoms with Gasteiger partial charge in [-0.15, -0.1) is 0 Å². The Hall–Kier alpha value is -1.82. The van der Waals surface area contributed by atoms with Crippen LogP contribution in [-0.2, 0) is 0 Å². The summed E-state index contributed by atoms with van der Waals surface area (Å²) in [5, 5.41) is 13.1. The summed E-state index contributed by atoms with van der Waals surface area (Å²) in [7, 11) is 0. The van der Waals surface area contributed by atoms with Crippen molar-refractivity contribution >= 4 is 17.2 Å². The number of nitrogens with one attached hydrogen (secondary N) is 1. The highest BCUT2D eigenvalue weighted by Gasteiger charge is 2.25. The molecule has 27 heavy (non-hydrogen) atoms. The van der Waals surface area contributed by atoms with Crippen LogP contribution in [-0.4, -0.2) is 40.3 Å². The van der Waals surface area contributed by atoms with Crippen molar-refractivity contribution in [2.75, 3.05) is 23.4 Å². The average molecular weight is 374 g/mol. The molecule has 6 nitrogen and oxygen atoms in total. The highest BCUT2D eigenvalue weighted by atomic mass is 16.3. The molecule has 1 aliphatic carbocycles. The standard InChI is InChI=1S/C21H35N5O/c1-2-16(15-22)21-24-19(23-17-8-4-3-5-9-17)14-20(25-21)26-12-7-6-10-18(26)11-13-27/h14-15,17-18,27H,2-13,22H2,1H3,(H,23,24,25)/t18-/m0/s1. The predicted molar refractivity (Wildman–Crippen MR) is 112 cm³/mol. The van der Waals surface area contributed by atoms with Crippen molar-refractivity contribution in [1.82, 2.24) is 9.97 Å². The van der Waals surface area contributed by atoms with E-state index in [-0.39, 0.29) is 6.61 Å². The van der Waals surface area contributed by atoms with Crippen molar-refractivity contribution in [3.05, 3.63) is 18.1 Å². The molecule has 1 aromatic heterocycles. The Balaban J connectivity index is 1.90. The summed E-state index contributed by atoms with van der Waals surface area (Å²) in [6.07, 6.45) is 13.1. The molecular formula is C21H35N5O. The summed E-state index contributed by atoms with van der Waals surface area (Å²) in [5.74, 6) is 2.59. The SMILES string of the molecule is CCC(=CN)c1nc(NC2CCCCC2)cc(N2CCCC[C@H]2CCO)n1. The van der Waals surface area contributed by atoms with E-state index in [4.69, 9.17) is 15.7 Å². The first-order chi connectivity index (χ1) is 13.2. The Bertz CT molecular complexity index is 625. The van der Waals surface area contributed by atoms with Gasteiger partial charge in [0.2, 0.25) is 0 Å². The Kier molecular flexibility index (Phi) is 7.33. The zero-order valence-corrected chi connectivity index (χ0v) is 16.7. The van der Waals surface area contributed by atoms with Crippen LogP contribution in [0.2, 0.25) is 0 Å². The van der Waals surface area contributed by atoms with E-state index in [9.17, 15) is 5.11 Å². The van der Waals surface area contributed by atoms with Crippen LogP contribution in [0.25, 0.3) is 5.57 Å². The highest BCUT2D eigenvalue weighted by molar-refractivity contribution is 5.63. The number of rotatable bonds is 7. The summed E-state index contributed by atoms with van der Waals surface area (Å²) < 4.78 is 0. The largest absolute Gasteiger partial charge is 0.404 e. The van der Waals surface area contributed by atoms with E-state index in [0.717, 1.165) is 48.8 Å². The van der Waals surface area contributed by atoms with E-state index in [0.29, 0.717) is 12.1 Å². The number of nitrogens with two attached hydrogens (primary N) is 1. The van der Waals surface area contributed by atoms with Crippen molar-refractivity contribution in [2.24, 2.45) is 5.73 Å². The van der Waals surface area contributed by atoms with Gasteiger partial charge in [0.15, 0.2) is 5.82 Å². The van der Waals surface area contributed by atoms with Gasteiger partial charge in [0.05, 0.1) is 0 Å². The van der Waals surface area contributed by atoms with Gasteiger partial charge in [0.25, 0.3) is 0 Å². The van der Waals surface area contributed by atoms with Crippen LogP contribution in [0.5, 0.6) is 0 Å². The lowest BCUT2D eigenvalue weighted by atomic mass is 9.95. The quantitative estimate of drug-likeness (QED) is 0.676. The molecule has 1 saturated heterocycles. The van der Waals surface area contributed by atoms with Gasteiger partial charge < -0.3 is 21.1 Å². The number of nitrogens with zero attached hydrogens (tertiary/aromatic N) is 3. The maximum absolute atomic E-state index is 9.48. The molecule has 0 unspecified atom stereocenters. The summed E-state index contributed by atoms with van der Waals surface area (Å²) >= 11 is 0. The third-order valence-electron chi connectivity index (χ3n) is 5.92. The van der Waals surface area contributed by atoms with Gasteiger partial charge >= 0.3 is 0 Å². The van der Waals surface area contributed by atoms with Gasteiger partial charge in [-0.3, -0.25) is 0 Å². The fraction of sp³-hybridized carbons (Fsp3) is 0.714. The zero-order valence-electron chi connectivity index (χ0n) is 16.7. The minimum Gasteiger partial charge on any atom is -0.404 e. The molecule has 4 N–H and O–H groups in total. The van der Waals surface area contributed by atoms with E-state index in [1.54, 1.807) is 6.20 Å². The fourth-order valence-corrected chi connectivity index (χ4v) is 4.36. The van der Waals surface area contributed by atoms with Crippen LogP contribution in [0, 0.1) is 0 Å². The smallest absolute Gasteiger partial charge is 0.161 e. The molecule has 1 aliphatic heterocycles. The van der Waals surface area contributed by atoms with Crippen LogP contribution < -0.4 is 16.0 Å². The van der Waals surface area contributed by atoms with E-state index >= 15 is 0 Å².